The van der Waals surface area contributed by atoms with E-state index in [1.54, 1.807) is 24.3 Å². The molecule has 0 saturated heterocycles. The molecule has 8 nitrogen and oxygen atoms in total. The average molecular weight is 311 g/mol. The Bertz CT molecular complexity index is 516. The minimum absolute atomic E-state index is 0.112. The van der Waals surface area contributed by atoms with E-state index in [9.17, 15) is 4.79 Å². The van der Waals surface area contributed by atoms with Crippen LogP contribution in [0, 0.1) is 0 Å². The molecule has 0 radical (unpaired) electrons. The summed E-state index contributed by atoms with van der Waals surface area (Å²) in [6, 6.07) is 5.85. The number of nitrogens with zero attached hydrogens (tertiary/aromatic N) is 3. The zero-order valence-corrected chi connectivity index (χ0v) is 13.0. The monoisotopic (exact) mass is 311 g/mol. The molecule has 0 bridgehead atoms. The van der Waals surface area contributed by atoms with E-state index in [0.717, 1.165) is 10.8 Å². The maximum atomic E-state index is 10.9. The predicted octanol–water partition coefficient (Wildman–Crippen LogP) is 1.08. The molecule has 0 saturated carbocycles. The number of carbonyl (C=O) groups is 1. The molecule has 0 aliphatic heterocycles. The van der Waals surface area contributed by atoms with Gasteiger partial charge in [-0.2, -0.15) is 0 Å². The Morgan fingerprint density at radius 1 is 1.29 bits per heavy atom. The van der Waals surface area contributed by atoms with Gasteiger partial charge in [0.05, 0.1) is 0 Å². The first-order valence-electron chi connectivity index (χ1n) is 6.04. The van der Waals surface area contributed by atoms with Gasteiger partial charge in [-0.15, -0.1) is 0 Å². The van der Waals surface area contributed by atoms with Crippen LogP contribution in [0.1, 0.15) is 5.56 Å². The summed E-state index contributed by atoms with van der Waals surface area (Å²) in [6.45, 7) is 0. The third kappa shape index (κ3) is 4.03. The molecular formula is C12H17N3O5Si. The normalized spacial score (nSPS) is 12.5. The second-order valence-electron chi connectivity index (χ2n) is 4.13. The Labute approximate surface area is 123 Å². The summed E-state index contributed by atoms with van der Waals surface area (Å²) in [7, 11) is 1.64. The lowest BCUT2D eigenvalue weighted by atomic mass is 10.1. The second kappa shape index (κ2) is 7.77. The van der Waals surface area contributed by atoms with Gasteiger partial charge < -0.3 is 18.4 Å². The van der Waals surface area contributed by atoms with Gasteiger partial charge in [-0.3, -0.25) is 4.79 Å². The largest absolute Gasteiger partial charge is 0.536 e. The van der Waals surface area contributed by atoms with Gasteiger partial charge in [0, 0.05) is 31.4 Å². The Morgan fingerprint density at radius 2 is 1.81 bits per heavy atom. The minimum atomic E-state index is -2.89. The molecule has 0 fully saturated rings. The van der Waals surface area contributed by atoms with Crippen molar-refractivity contribution in [2.75, 3.05) is 21.3 Å². The van der Waals surface area contributed by atoms with E-state index in [1.807, 2.05) is 0 Å². The van der Waals surface area contributed by atoms with Crippen LogP contribution in [0.2, 0.25) is 0 Å². The van der Waals surface area contributed by atoms with Crippen LogP contribution in [0.15, 0.2) is 29.4 Å². The fourth-order valence-electron chi connectivity index (χ4n) is 1.91. The van der Waals surface area contributed by atoms with Gasteiger partial charge in [0.1, 0.15) is 6.04 Å². The Balaban J connectivity index is 2.96. The third-order valence-corrected chi connectivity index (χ3v) is 5.67. The van der Waals surface area contributed by atoms with Crippen LogP contribution in [0.3, 0.4) is 0 Å². The van der Waals surface area contributed by atoms with Gasteiger partial charge in [-0.05, 0) is 17.5 Å². The van der Waals surface area contributed by atoms with Crippen LogP contribution in [-0.2, 0) is 24.5 Å². The Hall–Kier alpha value is -1.90. The number of rotatable bonds is 8. The molecule has 1 N–H and O–H groups in total. The number of carboxylic acids is 1. The molecule has 0 amide bonds. The minimum Gasteiger partial charge on any atom is -0.481 e. The lowest BCUT2D eigenvalue weighted by molar-refractivity contribution is -0.138. The summed E-state index contributed by atoms with van der Waals surface area (Å²) in [5.41, 5.74) is 9.09. The van der Waals surface area contributed by atoms with E-state index in [1.165, 1.54) is 21.3 Å². The highest BCUT2D eigenvalue weighted by molar-refractivity contribution is 6.75. The Morgan fingerprint density at radius 3 is 2.19 bits per heavy atom. The molecule has 1 rings (SSSR count). The van der Waals surface area contributed by atoms with Crippen molar-refractivity contribution in [3.63, 3.8) is 0 Å². The molecule has 0 aliphatic rings. The van der Waals surface area contributed by atoms with E-state index < -0.39 is 20.8 Å². The van der Waals surface area contributed by atoms with Crippen LogP contribution in [0.5, 0.6) is 0 Å². The number of hydrogen-bond acceptors (Lipinski definition) is 5. The number of carboxylic acid groups (broad SMARTS) is 1. The van der Waals surface area contributed by atoms with E-state index in [-0.39, 0.29) is 6.42 Å². The number of benzene rings is 1. The van der Waals surface area contributed by atoms with Gasteiger partial charge in [-0.25, -0.2) is 0 Å². The van der Waals surface area contributed by atoms with Crippen LogP contribution >= 0.6 is 0 Å². The molecule has 0 aromatic heterocycles. The van der Waals surface area contributed by atoms with E-state index in [2.05, 4.69) is 10.0 Å². The molecular weight excluding hydrogens is 294 g/mol. The molecule has 1 unspecified atom stereocenters. The topological polar surface area (TPSA) is 114 Å². The Kier molecular flexibility index (Phi) is 6.34. The van der Waals surface area contributed by atoms with Gasteiger partial charge in [0.25, 0.3) is 0 Å². The summed E-state index contributed by atoms with van der Waals surface area (Å²) in [6.07, 6.45) is 0.112. The molecule has 0 heterocycles. The van der Waals surface area contributed by atoms with Gasteiger partial charge >= 0.3 is 14.8 Å². The standard InChI is InChI=1S/C12H17N3O5Si/c1-18-21(19-2,20-3)10-6-4-9(5-7-10)8-11(12(16)17)14-15-13/h4-7,11H,8H2,1-3H3,(H,16,17). The first kappa shape index (κ1) is 17.1. The highest BCUT2D eigenvalue weighted by Gasteiger charge is 2.40. The SMILES string of the molecule is CO[Si](OC)(OC)c1ccc(CC(N=[N+]=[N-])C(=O)O)cc1. The maximum absolute atomic E-state index is 10.9. The van der Waals surface area contributed by atoms with E-state index >= 15 is 0 Å². The van der Waals surface area contributed by atoms with Crippen LogP contribution < -0.4 is 5.19 Å². The van der Waals surface area contributed by atoms with E-state index in [0.29, 0.717) is 0 Å². The molecule has 114 valence electrons. The molecule has 21 heavy (non-hydrogen) atoms. The molecule has 1 atom stereocenters. The second-order valence-corrected chi connectivity index (χ2v) is 7.04. The first-order chi connectivity index (χ1) is 10.0. The smallest absolute Gasteiger partial charge is 0.481 e. The summed E-state index contributed by atoms with van der Waals surface area (Å²) < 4.78 is 16.1. The highest BCUT2D eigenvalue weighted by atomic mass is 28.4. The van der Waals surface area contributed by atoms with Crippen molar-refractivity contribution >= 4 is 20.0 Å². The average Bonchev–Trinajstić information content (AvgIpc) is 2.50. The lowest BCUT2D eigenvalue weighted by Crippen LogP contribution is -2.54. The predicted molar refractivity (Wildman–Crippen MR) is 77.1 cm³/mol. The molecule has 1 aromatic carbocycles. The van der Waals surface area contributed by atoms with Crippen molar-refractivity contribution in [1.29, 1.82) is 0 Å². The van der Waals surface area contributed by atoms with Crippen molar-refractivity contribution in [3.8, 4) is 0 Å². The van der Waals surface area contributed by atoms with E-state index in [4.69, 9.17) is 23.9 Å². The highest BCUT2D eigenvalue weighted by Crippen LogP contribution is 2.10. The van der Waals surface area contributed by atoms with Gasteiger partial charge in [0.2, 0.25) is 0 Å². The fraction of sp³-hybridized carbons (Fsp3) is 0.417. The molecule has 0 aliphatic carbocycles. The van der Waals surface area contributed by atoms with Crippen molar-refractivity contribution in [3.05, 3.63) is 40.3 Å². The van der Waals surface area contributed by atoms with Crippen molar-refractivity contribution in [2.45, 2.75) is 12.5 Å². The molecule has 9 heteroatoms. The lowest BCUT2D eigenvalue weighted by Gasteiger charge is -2.24. The van der Waals surface area contributed by atoms with Crippen LogP contribution in [0.25, 0.3) is 10.4 Å². The number of aliphatic carboxylic acids is 1. The third-order valence-electron chi connectivity index (χ3n) is 3.02. The maximum Gasteiger partial charge on any atom is 0.536 e. The fourth-order valence-corrected chi connectivity index (χ4v) is 3.69. The van der Waals surface area contributed by atoms with Crippen molar-refractivity contribution in [2.24, 2.45) is 5.11 Å². The zero-order valence-electron chi connectivity index (χ0n) is 12.0. The summed E-state index contributed by atoms with van der Waals surface area (Å²) in [4.78, 5) is 13.5. The quantitative estimate of drug-likeness (QED) is 0.334. The number of azide groups is 1. The first-order valence-corrected chi connectivity index (χ1v) is 7.77. The van der Waals surface area contributed by atoms with Crippen LogP contribution in [0.4, 0.5) is 0 Å². The molecule has 0 spiro atoms. The van der Waals surface area contributed by atoms with Crippen molar-refractivity contribution < 1.29 is 23.2 Å². The van der Waals surface area contributed by atoms with Gasteiger partial charge in [0.15, 0.2) is 0 Å². The molecule has 1 aromatic rings. The van der Waals surface area contributed by atoms with Crippen LogP contribution in [-0.4, -0.2) is 47.3 Å². The van der Waals surface area contributed by atoms with Crippen molar-refractivity contribution in [1.82, 2.24) is 0 Å². The number of hydrogen-bond donors (Lipinski definition) is 1. The summed E-state index contributed by atoms with van der Waals surface area (Å²) in [5, 5.41) is 13.0. The zero-order chi connectivity index (χ0) is 15.9. The summed E-state index contributed by atoms with van der Waals surface area (Å²) in [5.74, 6) is -1.16. The summed E-state index contributed by atoms with van der Waals surface area (Å²) >= 11 is 0. The van der Waals surface area contributed by atoms with Gasteiger partial charge in [-0.1, -0.05) is 29.4 Å².